The average Bonchev–Trinajstić information content (AvgIpc) is 2.86. The molecule has 0 saturated carbocycles. The number of anilines is 3. The highest BCUT2D eigenvalue weighted by molar-refractivity contribution is 7.15. The van der Waals surface area contributed by atoms with Crippen LogP contribution in [-0.2, 0) is 0 Å². The first-order valence-electron chi connectivity index (χ1n) is 7.53. The van der Waals surface area contributed by atoms with Gasteiger partial charge in [0.2, 0.25) is 0 Å². The Morgan fingerprint density at radius 3 is 3.04 bits per heavy atom. The number of thiazole rings is 1. The predicted molar refractivity (Wildman–Crippen MR) is 92.9 cm³/mol. The van der Waals surface area contributed by atoms with Crippen molar-refractivity contribution in [2.75, 3.05) is 29.0 Å². The van der Waals surface area contributed by atoms with Gasteiger partial charge >= 0.3 is 0 Å². The Bertz CT molecular complexity index is 716. The molecule has 7 nitrogen and oxygen atoms in total. The molecule has 0 unspecified atom stereocenters. The van der Waals surface area contributed by atoms with Crippen molar-refractivity contribution in [3.05, 3.63) is 29.2 Å². The molecule has 2 aromatic rings. The van der Waals surface area contributed by atoms with Crippen molar-refractivity contribution in [2.24, 2.45) is 5.73 Å². The molecule has 0 bridgehead atoms. The predicted octanol–water partition coefficient (Wildman–Crippen LogP) is 1.61. The molecule has 1 aliphatic rings. The van der Waals surface area contributed by atoms with Crippen molar-refractivity contribution in [3.63, 3.8) is 0 Å². The van der Waals surface area contributed by atoms with Gasteiger partial charge in [0.25, 0.3) is 5.91 Å². The summed E-state index contributed by atoms with van der Waals surface area (Å²) < 4.78 is 0. The molecule has 122 valence electrons. The number of aryl methyl sites for hydroxylation is 1. The van der Waals surface area contributed by atoms with Gasteiger partial charge in [-0.3, -0.25) is 9.78 Å². The maximum Gasteiger partial charge on any atom is 0.277 e. The zero-order chi connectivity index (χ0) is 16.4. The summed E-state index contributed by atoms with van der Waals surface area (Å²) in [5, 5.41) is 4.06. The number of carbonyl (C=O) groups is 1. The van der Waals surface area contributed by atoms with Crippen LogP contribution in [0.3, 0.4) is 0 Å². The van der Waals surface area contributed by atoms with Crippen LogP contribution in [0.2, 0.25) is 0 Å². The summed E-state index contributed by atoms with van der Waals surface area (Å²) in [6.07, 6.45) is 5.42. The molecule has 1 amide bonds. The van der Waals surface area contributed by atoms with E-state index in [4.69, 9.17) is 11.5 Å². The molecule has 8 heteroatoms. The van der Waals surface area contributed by atoms with Gasteiger partial charge < -0.3 is 21.7 Å². The van der Waals surface area contributed by atoms with Gasteiger partial charge in [-0.15, -0.1) is 11.3 Å². The molecule has 0 aromatic carbocycles. The van der Waals surface area contributed by atoms with Crippen LogP contribution in [-0.4, -0.2) is 35.0 Å². The van der Waals surface area contributed by atoms with Crippen LogP contribution in [0, 0.1) is 6.92 Å². The smallest absolute Gasteiger partial charge is 0.277 e. The highest BCUT2D eigenvalue weighted by atomic mass is 32.1. The first-order chi connectivity index (χ1) is 11.0. The first kappa shape index (κ1) is 15.7. The molecule has 3 heterocycles. The SMILES string of the molecule is Cc1nc(C(=O)Nc2cnccc2N2CCC[C@H](N)C2)c(N)s1. The second kappa shape index (κ2) is 6.51. The molecule has 1 atom stereocenters. The average molecular weight is 332 g/mol. The van der Waals surface area contributed by atoms with E-state index in [0.717, 1.165) is 36.6 Å². The van der Waals surface area contributed by atoms with Crippen molar-refractivity contribution >= 4 is 33.6 Å². The Balaban J connectivity index is 1.83. The van der Waals surface area contributed by atoms with E-state index in [9.17, 15) is 4.79 Å². The normalized spacial score (nSPS) is 18.0. The molecule has 1 saturated heterocycles. The number of nitrogens with one attached hydrogen (secondary N) is 1. The Morgan fingerprint density at radius 1 is 1.52 bits per heavy atom. The highest BCUT2D eigenvalue weighted by Gasteiger charge is 2.21. The fraction of sp³-hybridized carbons (Fsp3) is 0.400. The lowest BCUT2D eigenvalue weighted by molar-refractivity contribution is 0.102. The van der Waals surface area contributed by atoms with E-state index >= 15 is 0 Å². The standard InChI is InChI=1S/C15H20N6OS/c1-9-19-13(14(17)23-9)15(22)20-11-7-18-5-4-12(11)21-6-2-3-10(16)8-21/h4-5,7,10H,2-3,6,8,16-17H2,1H3,(H,20,22)/t10-/m0/s1. The van der Waals surface area contributed by atoms with Gasteiger partial charge in [-0.1, -0.05) is 0 Å². The third kappa shape index (κ3) is 3.43. The van der Waals surface area contributed by atoms with Gasteiger partial charge in [-0.2, -0.15) is 0 Å². The van der Waals surface area contributed by atoms with Crippen molar-refractivity contribution in [3.8, 4) is 0 Å². The van der Waals surface area contributed by atoms with E-state index in [1.807, 2.05) is 13.0 Å². The quantitative estimate of drug-likeness (QED) is 0.787. The number of nitrogen functional groups attached to an aromatic ring is 1. The monoisotopic (exact) mass is 332 g/mol. The summed E-state index contributed by atoms with van der Waals surface area (Å²) in [6.45, 7) is 3.51. The molecule has 0 spiro atoms. The highest BCUT2D eigenvalue weighted by Crippen LogP contribution is 2.28. The van der Waals surface area contributed by atoms with Crippen LogP contribution in [0.15, 0.2) is 18.5 Å². The zero-order valence-electron chi connectivity index (χ0n) is 13.0. The second-order valence-corrected chi connectivity index (χ2v) is 6.88. The van der Waals surface area contributed by atoms with E-state index < -0.39 is 0 Å². The number of aromatic nitrogens is 2. The summed E-state index contributed by atoms with van der Waals surface area (Å²) in [7, 11) is 0. The topological polar surface area (TPSA) is 110 Å². The number of amides is 1. The van der Waals surface area contributed by atoms with Crippen LogP contribution in [0.4, 0.5) is 16.4 Å². The summed E-state index contributed by atoms with van der Waals surface area (Å²) in [4.78, 5) is 22.9. The van der Waals surface area contributed by atoms with Crippen molar-refractivity contribution in [1.29, 1.82) is 0 Å². The number of rotatable bonds is 3. The van der Waals surface area contributed by atoms with Crippen molar-refractivity contribution < 1.29 is 4.79 Å². The van der Waals surface area contributed by atoms with E-state index in [0.29, 0.717) is 10.7 Å². The van der Waals surface area contributed by atoms with Gasteiger partial charge in [-0.05, 0) is 25.8 Å². The minimum atomic E-state index is -0.317. The minimum absolute atomic E-state index is 0.150. The summed E-state index contributed by atoms with van der Waals surface area (Å²) in [5.41, 5.74) is 13.7. The number of hydrogen-bond donors (Lipinski definition) is 3. The lowest BCUT2D eigenvalue weighted by Gasteiger charge is -2.33. The number of hydrogen-bond acceptors (Lipinski definition) is 7. The number of nitrogens with two attached hydrogens (primary N) is 2. The molecular formula is C15H20N6OS. The van der Waals surface area contributed by atoms with Crippen LogP contribution >= 0.6 is 11.3 Å². The van der Waals surface area contributed by atoms with Crippen molar-refractivity contribution in [1.82, 2.24) is 9.97 Å². The summed E-state index contributed by atoms with van der Waals surface area (Å²) in [6, 6.07) is 2.04. The van der Waals surface area contributed by atoms with Crippen LogP contribution in [0.1, 0.15) is 28.3 Å². The van der Waals surface area contributed by atoms with E-state index in [2.05, 4.69) is 20.2 Å². The van der Waals surface area contributed by atoms with Crippen molar-refractivity contribution in [2.45, 2.75) is 25.8 Å². The molecule has 0 radical (unpaired) electrons. The van der Waals surface area contributed by atoms with E-state index in [1.54, 1.807) is 12.4 Å². The van der Waals surface area contributed by atoms with Crippen LogP contribution in [0.5, 0.6) is 0 Å². The first-order valence-corrected chi connectivity index (χ1v) is 8.35. The fourth-order valence-corrected chi connectivity index (χ4v) is 3.47. The number of nitrogens with zero attached hydrogens (tertiary/aromatic N) is 3. The molecule has 1 aliphatic heterocycles. The third-order valence-electron chi connectivity index (χ3n) is 3.82. The molecule has 5 N–H and O–H groups in total. The second-order valence-electron chi connectivity index (χ2n) is 5.64. The molecular weight excluding hydrogens is 312 g/mol. The minimum Gasteiger partial charge on any atom is -0.389 e. The molecule has 1 fully saturated rings. The van der Waals surface area contributed by atoms with Gasteiger partial charge in [0.15, 0.2) is 5.69 Å². The number of pyridine rings is 1. The van der Waals surface area contributed by atoms with Gasteiger partial charge in [-0.25, -0.2) is 4.98 Å². The Labute approximate surface area is 138 Å². The maximum atomic E-state index is 12.4. The number of piperidine rings is 1. The Morgan fingerprint density at radius 2 is 2.35 bits per heavy atom. The lowest BCUT2D eigenvalue weighted by Crippen LogP contribution is -2.43. The molecule has 23 heavy (non-hydrogen) atoms. The van der Waals surface area contributed by atoms with Gasteiger partial charge in [0, 0.05) is 25.3 Å². The Kier molecular flexibility index (Phi) is 4.44. The molecule has 0 aliphatic carbocycles. The fourth-order valence-electron chi connectivity index (χ4n) is 2.77. The largest absolute Gasteiger partial charge is 0.389 e. The zero-order valence-corrected chi connectivity index (χ0v) is 13.8. The van der Waals surface area contributed by atoms with Gasteiger partial charge in [0.05, 0.1) is 22.6 Å². The number of carbonyl (C=O) groups excluding carboxylic acids is 1. The van der Waals surface area contributed by atoms with E-state index in [1.165, 1.54) is 11.3 Å². The summed E-state index contributed by atoms with van der Waals surface area (Å²) in [5.74, 6) is -0.317. The van der Waals surface area contributed by atoms with Crippen LogP contribution in [0.25, 0.3) is 0 Å². The van der Waals surface area contributed by atoms with Crippen LogP contribution < -0.4 is 21.7 Å². The lowest BCUT2D eigenvalue weighted by atomic mass is 10.1. The maximum absolute atomic E-state index is 12.4. The van der Waals surface area contributed by atoms with E-state index in [-0.39, 0.29) is 17.6 Å². The molecule has 2 aromatic heterocycles. The summed E-state index contributed by atoms with van der Waals surface area (Å²) >= 11 is 1.30. The third-order valence-corrected chi connectivity index (χ3v) is 4.62. The Hall–Kier alpha value is -2.19. The molecule has 3 rings (SSSR count). The van der Waals surface area contributed by atoms with Gasteiger partial charge in [0.1, 0.15) is 5.00 Å².